The van der Waals surface area contributed by atoms with E-state index in [2.05, 4.69) is 16.0 Å². The molecule has 0 aliphatic heterocycles. The second-order valence-corrected chi connectivity index (χ2v) is 8.46. The third-order valence-corrected chi connectivity index (χ3v) is 4.37. The minimum absolute atomic E-state index is 0.156. The fourth-order valence-corrected chi connectivity index (χ4v) is 2.81. The number of alkyl carbamates (subject to hydrolysis) is 1. The number of hydrogen-bond donors (Lipinski definition) is 3. The van der Waals surface area contributed by atoms with Gasteiger partial charge < -0.3 is 25.4 Å². The molecule has 2 atom stereocenters. The molecule has 0 aromatic heterocycles. The molecule has 3 amide bonds. The summed E-state index contributed by atoms with van der Waals surface area (Å²) in [5.41, 5.74) is 0.266. The van der Waals surface area contributed by atoms with Gasteiger partial charge in [0.05, 0.1) is 13.5 Å². The zero-order valence-electron chi connectivity index (χ0n) is 19.5. The van der Waals surface area contributed by atoms with E-state index >= 15 is 0 Å². The zero-order chi connectivity index (χ0) is 24.1. The van der Waals surface area contributed by atoms with Crippen molar-refractivity contribution in [3.8, 4) is 0 Å². The summed E-state index contributed by atoms with van der Waals surface area (Å²) < 4.78 is 9.93. The number of nitrogens with one attached hydrogen (secondary N) is 3. The fraction of sp³-hybridized carbons (Fsp3) is 0.565. The molecule has 0 fully saturated rings. The summed E-state index contributed by atoms with van der Waals surface area (Å²) >= 11 is 0. The standard InChI is InChI=1S/C23H35N3O6/c1-16(25-19(27)15-17-11-7-6-8-12-17)20(28)26-18(21(29)31-5)13-9-10-14-24-22(30)32-23(2,3)4/h6-8,11-12,16,18H,9-10,13-15H2,1-5H3,(H,24,30)(H,25,27)(H,26,28)/t16-,18-/m0/s1. The Kier molecular flexibility index (Phi) is 11.2. The van der Waals surface area contributed by atoms with E-state index in [1.165, 1.54) is 7.11 Å². The van der Waals surface area contributed by atoms with Crippen LogP contribution in [0.2, 0.25) is 0 Å². The topological polar surface area (TPSA) is 123 Å². The van der Waals surface area contributed by atoms with Crippen LogP contribution in [0.5, 0.6) is 0 Å². The number of esters is 1. The van der Waals surface area contributed by atoms with Gasteiger partial charge in [0.25, 0.3) is 0 Å². The Morgan fingerprint density at radius 1 is 1.00 bits per heavy atom. The summed E-state index contributed by atoms with van der Waals surface area (Å²) in [6, 6.07) is 7.53. The molecule has 0 saturated heterocycles. The van der Waals surface area contributed by atoms with Gasteiger partial charge in [0.1, 0.15) is 17.7 Å². The maximum Gasteiger partial charge on any atom is 0.407 e. The third-order valence-electron chi connectivity index (χ3n) is 4.37. The zero-order valence-corrected chi connectivity index (χ0v) is 19.5. The molecule has 9 nitrogen and oxygen atoms in total. The summed E-state index contributed by atoms with van der Waals surface area (Å²) in [5, 5.41) is 7.91. The molecule has 0 heterocycles. The first kappa shape index (κ1) is 26.9. The Labute approximate surface area is 189 Å². The fourth-order valence-electron chi connectivity index (χ4n) is 2.81. The number of ether oxygens (including phenoxy) is 2. The van der Waals surface area contributed by atoms with Crippen LogP contribution < -0.4 is 16.0 Å². The van der Waals surface area contributed by atoms with Crippen molar-refractivity contribution < 1.29 is 28.7 Å². The van der Waals surface area contributed by atoms with E-state index in [1.54, 1.807) is 27.7 Å². The number of hydrogen-bond acceptors (Lipinski definition) is 6. The molecule has 1 aromatic carbocycles. The van der Waals surface area contributed by atoms with Crippen LogP contribution in [0.1, 0.15) is 52.5 Å². The lowest BCUT2D eigenvalue weighted by molar-refractivity contribution is -0.145. The quantitative estimate of drug-likeness (QED) is 0.351. The molecule has 0 aliphatic rings. The summed E-state index contributed by atoms with van der Waals surface area (Å²) in [4.78, 5) is 48.3. The lowest BCUT2D eigenvalue weighted by Crippen LogP contribution is -2.50. The first-order chi connectivity index (χ1) is 15.0. The van der Waals surface area contributed by atoms with E-state index < -0.39 is 35.7 Å². The van der Waals surface area contributed by atoms with Crippen molar-refractivity contribution >= 4 is 23.9 Å². The maximum atomic E-state index is 12.5. The molecule has 178 valence electrons. The van der Waals surface area contributed by atoms with Crippen LogP contribution in [0.3, 0.4) is 0 Å². The molecular weight excluding hydrogens is 414 g/mol. The minimum atomic E-state index is -0.845. The minimum Gasteiger partial charge on any atom is -0.467 e. The highest BCUT2D eigenvalue weighted by molar-refractivity contribution is 5.90. The second kappa shape index (κ2) is 13.3. The number of rotatable bonds is 11. The van der Waals surface area contributed by atoms with Gasteiger partial charge in [-0.1, -0.05) is 30.3 Å². The molecule has 9 heteroatoms. The van der Waals surface area contributed by atoms with Gasteiger partial charge in [-0.05, 0) is 52.5 Å². The van der Waals surface area contributed by atoms with Crippen LogP contribution in [0.15, 0.2) is 30.3 Å². The van der Waals surface area contributed by atoms with E-state index in [1.807, 2.05) is 30.3 Å². The Hall–Kier alpha value is -3.10. The third kappa shape index (κ3) is 11.3. The molecule has 1 aromatic rings. The van der Waals surface area contributed by atoms with Crippen LogP contribution in [-0.2, 0) is 30.3 Å². The van der Waals surface area contributed by atoms with Crippen molar-refractivity contribution in [1.29, 1.82) is 0 Å². The Bertz CT molecular complexity index is 761. The van der Waals surface area contributed by atoms with E-state index in [-0.39, 0.29) is 12.3 Å². The van der Waals surface area contributed by atoms with Crippen LogP contribution in [0.25, 0.3) is 0 Å². The summed E-state index contributed by atoms with van der Waals surface area (Å²) in [6.45, 7) is 7.27. The van der Waals surface area contributed by atoms with Gasteiger partial charge in [-0.2, -0.15) is 0 Å². The molecule has 32 heavy (non-hydrogen) atoms. The van der Waals surface area contributed by atoms with Crippen LogP contribution in [-0.4, -0.2) is 55.2 Å². The molecule has 3 N–H and O–H groups in total. The number of benzene rings is 1. The molecule has 0 aliphatic carbocycles. The largest absolute Gasteiger partial charge is 0.467 e. The summed E-state index contributed by atoms with van der Waals surface area (Å²) in [6.07, 6.45) is 1.13. The van der Waals surface area contributed by atoms with Crippen LogP contribution in [0, 0.1) is 0 Å². The summed E-state index contributed by atoms with van der Waals surface area (Å²) in [7, 11) is 1.25. The first-order valence-corrected chi connectivity index (χ1v) is 10.7. The number of unbranched alkanes of at least 4 members (excludes halogenated alkanes) is 1. The molecule has 0 bridgehead atoms. The molecular formula is C23H35N3O6. The van der Waals surface area contributed by atoms with Gasteiger partial charge in [0.15, 0.2) is 0 Å². The molecule has 0 unspecified atom stereocenters. The molecule has 1 rings (SSSR count). The van der Waals surface area contributed by atoms with Gasteiger partial charge in [0.2, 0.25) is 11.8 Å². The number of amides is 3. The van der Waals surface area contributed by atoms with E-state index in [9.17, 15) is 19.2 Å². The lowest BCUT2D eigenvalue weighted by Gasteiger charge is -2.21. The van der Waals surface area contributed by atoms with E-state index in [0.29, 0.717) is 25.8 Å². The predicted octanol–water partition coefficient (Wildman–Crippen LogP) is 2.09. The number of methoxy groups -OCH3 is 1. The van der Waals surface area contributed by atoms with Gasteiger partial charge in [-0.3, -0.25) is 9.59 Å². The highest BCUT2D eigenvalue weighted by atomic mass is 16.6. The highest BCUT2D eigenvalue weighted by Crippen LogP contribution is 2.07. The highest BCUT2D eigenvalue weighted by Gasteiger charge is 2.24. The van der Waals surface area contributed by atoms with E-state index in [4.69, 9.17) is 9.47 Å². The van der Waals surface area contributed by atoms with Gasteiger partial charge >= 0.3 is 12.1 Å². The normalized spacial score (nSPS) is 12.8. The van der Waals surface area contributed by atoms with E-state index in [0.717, 1.165) is 5.56 Å². The smallest absolute Gasteiger partial charge is 0.407 e. The average molecular weight is 450 g/mol. The Morgan fingerprint density at radius 2 is 1.66 bits per heavy atom. The monoisotopic (exact) mass is 449 g/mol. The van der Waals surface area contributed by atoms with Crippen LogP contribution >= 0.6 is 0 Å². The Balaban J connectivity index is 2.43. The number of carbonyl (C=O) groups excluding carboxylic acids is 4. The second-order valence-electron chi connectivity index (χ2n) is 8.46. The van der Waals surface area contributed by atoms with Crippen molar-refractivity contribution in [2.75, 3.05) is 13.7 Å². The van der Waals surface area contributed by atoms with Gasteiger partial charge in [0, 0.05) is 6.54 Å². The maximum absolute atomic E-state index is 12.5. The van der Waals surface area contributed by atoms with Gasteiger partial charge in [-0.15, -0.1) is 0 Å². The first-order valence-electron chi connectivity index (χ1n) is 10.7. The van der Waals surface area contributed by atoms with Crippen molar-refractivity contribution in [3.05, 3.63) is 35.9 Å². The average Bonchev–Trinajstić information content (AvgIpc) is 2.71. The van der Waals surface area contributed by atoms with Crippen molar-refractivity contribution in [2.45, 2.75) is 71.1 Å². The van der Waals surface area contributed by atoms with Crippen LogP contribution in [0.4, 0.5) is 4.79 Å². The van der Waals surface area contributed by atoms with Crippen molar-refractivity contribution in [3.63, 3.8) is 0 Å². The molecule has 0 saturated carbocycles. The van der Waals surface area contributed by atoms with Crippen molar-refractivity contribution in [2.24, 2.45) is 0 Å². The van der Waals surface area contributed by atoms with Gasteiger partial charge in [-0.25, -0.2) is 9.59 Å². The lowest BCUT2D eigenvalue weighted by atomic mass is 10.1. The molecule has 0 radical (unpaired) electrons. The molecule has 0 spiro atoms. The van der Waals surface area contributed by atoms with Crippen molar-refractivity contribution in [1.82, 2.24) is 16.0 Å². The number of carbonyl (C=O) groups is 4. The summed E-state index contributed by atoms with van der Waals surface area (Å²) in [5.74, 6) is -1.34. The predicted molar refractivity (Wildman–Crippen MR) is 120 cm³/mol. The Morgan fingerprint density at radius 3 is 2.25 bits per heavy atom. The SMILES string of the molecule is COC(=O)[C@H](CCCCNC(=O)OC(C)(C)C)NC(=O)[C@H](C)NC(=O)Cc1ccccc1.